The Hall–Kier alpha value is -1.18. The minimum Gasteiger partial charge on any atom is -0.427 e. The highest BCUT2D eigenvalue weighted by atomic mass is 19.1. The number of hydrogen-bond donors (Lipinski definition) is 1. The fourth-order valence-electron chi connectivity index (χ4n) is 1.72. The molecule has 0 unspecified atom stereocenters. The van der Waals surface area contributed by atoms with Crippen LogP contribution in [0, 0.1) is 0 Å². The number of carbonyl (C=O) groups is 1. The van der Waals surface area contributed by atoms with E-state index in [1.165, 1.54) is 5.06 Å². The van der Waals surface area contributed by atoms with E-state index < -0.39 is 36.0 Å². The monoisotopic (exact) mass is 291 g/mol. The van der Waals surface area contributed by atoms with Crippen molar-refractivity contribution in [3.05, 3.63) is 11.9 Å². The van der Waals surface area contributed by atoms with E-state index in [0.29, 0.717) is 0 Å². The molecule has 0 aromatic heterocycles. The van der Waals surface area contributed by atoms with E-state index in [4.69, 9.17) is 19.4 Å². The van der Waals surface area contributed by atoms with Crippen LogP contribution in [-0.2, 0) is 14.3 Å². The number of nitrogens with zero attached hydrogens (tertiary/aromatic N) is 1. The van der Waals surface area contributed by atoms with Gasteiger partial charge in [-0.1, -0.05) is 5.06 Å². The van der Waals surface area contributed by atoms with Crippen molar-refractivity contribution >= 4 is 6.16 Å². The van der Waals surface area contributed by atoms with E-state index in [1.54, 1.807) is 34.6 Å². The van der Waals surface area contributed by atoms with Crippen LogP contribution >= 0.6 is 0 Å². The van der Waals surface area contributed by atoms with Crippen molar-refractivity contribution in [2.24, 2.45) is 0 Å². The third-order valence-electron chi connectivity index (χ3n) is 2.53. The number of carbonyl (C=O) groups excluding carboxylic acids is 1. The lowest BCUT2D eigenvalue weighted by Gasteiger charge is -2.31. The summed E-state index contributed by atoms with van der Waals surface area (Å²) >= 11 is 0. The van der Waals surface area contributed by atoms with Gasteiger partial charge in [-0.05, 0) is 40.7 Å². The summed E-state index contributed by atoms with van der Waals surface area (Å²) in [7, 11) is 0. The SMILES string of the molecule is CC(C)(C)OC(=O)ON1[C@H](C=C(F)CO)COC1(C)C. The molecule has 0 aliphatic carbocycles. The molecule has 1 saturated heterocycles. The maximum atomic E-state index is 13.2. The first kappa shape index (κ1) is 16.9. The molecule has 1 fully saturated rings. The zero-order chi connectivity index (χ0) is 15.6. The zero-order valence-corrected chi connectivity index (χ0v) is 12.5. The van der Waals surface area contributed by atoms with Gasteiger partial charge in [-0.15, -0.1) is 0 Å². The van der Waals surface area contributed by atoms with E-state index in [-0.39, 0.29) is 6.61 Å². The van der Waals surface area contributed by atoms with Crippen molar-refractivity contribution < 1.29 is 28.6 Å². The highest BCUT2D eigenvalue weighted by Gasteiger charge is 2.44. The Labute approximate surface area is 118 Å². The van der Waals surface area contributed by atoms with E-state index >= 15 is 0 Å². The molecular weight excluding hydrogens is 269 g/mol. The van der Waals surface area contributed by atoms with E-state index in [9.17, 15) is 9.18 Å². The second kappa shape index (κ2) is 6.07. The molecule has 7 heteroatoms. The Kier molecular flexibility index (Phi) is 5.12. The molecule has 1 heterocycles. The van der Waals surface area contributed by atoms with Crippen LogP contribution in [0.3, 0.4) is 0 Å². The second-order valence-corrected chi connectivity index (χ2v) is 5.98. The lowest BCUT2D eigenvalue weighted by Crippen LogP contribution is -2.45. The highest BCUT2D eigenvalue weighted by Crippen LogP contribution is 2.29. The van der Waals surface area contributed by atoms with Crippen LogP contribution < -0.4 is 0 Å². The van der Waals surface area contributed by atoms with Crippen molar-refractivity contribution in [2.75, 3.05) is 13.2 Å². The van der Waals surface area contributed by atoms with Gasteiger partial charge in [0.05, 0.1) is 19.3 Å². The van der Waals surface area contributed by atoms with Gasteiger partial charge in [0, 0.05) is 0 Å². The largest absolute Gasteiger partial charge is 0.528 e. The Morgan fingerprint density at radius 2 is 2.15 bits per heavy atom. The van der Waals surface area contributed by atoms with Gasteiger partial charge in [0.25, 0.3) is 0 Å². The van der Waals surface area contributed by atoms with Gasteiger partial charge in [0.2, 0.25) is 0 Å². The predicted molar refractivity (Wildman–Crippen MR) is 69.3 cm³/mol. The van der Waals surface area contributed by atoms with Crippen molar-refractivity contribution in [2.45, 2.75) is 52.0 Å². The van der Waals surface area contributed by atoms with Gasteiger partial charge in [0.1, 0.15) is 17.2 Å². The molecule has 1 aliphatic rings. The number of hydrogen-bond acceptors (Lipinski definition) is 6. The van der Waals surface area contributed by atoms with Crippen molar-refractivity contribution in [1.82, 2.24) is 5.06 Å². The molecule has 0 saturated carbocycles. The first-order valence-electron chi connectivity index (χ1n) is 6.36. The van der Waals surface area contributed by atoms with Crippen LogP contribution in [0.15, 0.2) is 11.9 Å². The van der Waals surface area contributed by atoms with Crippen LogP contribution in [0.4, 0.5) is 9.18 Å². The number of aliphatic hydroxyl groups excluding tert-OH is 1. The smallest absolute Gasteiger partial charge is 0.427 e. The van der Waals surface area contributed by atoms with Crippen molar-refractivity contribution in [1.29, 1.82) is 0 Å². The number of ether oxygens (including phenoxy) is 2. The van der Waals surface area contributed by atoms with Gasteiger partial charge < -0.3 is 19.4 Å². The summed E-state index contributed by atoms with van der Waals surface area (Å²) in [4.78, 5) is 16.8. The Morgan fingerprint density at radius 1 is 1.55 bits per heavy atom. The van der Waals surface area contributed by atoms with E-state index in [0.717, 1.165) is 6.08 Å². The van der Waals surface area contributed by atoms with Crippen molar-refractivity contribution in [3.8, 4) is 0 Å². The van der Waals surface area contributed by atoms with Crippen LogP contribution in [0.5, 0.6) is 0 Å². The van der Waals surface area contributed by atoms with Gasteiger partial charge in [-0.25, -0.2) is 9.18 Å². The summed E-state index contributed by atoms with van der Waals surface area (Å²) in [5, 5.41) is 9.93. The molecule has 1 aliphatic heterocycles. The van der Waals surface area contributed by atoms with Crippen LogP contribution in [-0.4, -0.2) is 46.9 Å². The Balaban J connectivity index is 2.78. The lowest BCUT2D eigenvalue weighted by atomic mass is 10.2. The molecule has 1 N–H and O–H groups in total. The minimum absolute atomic E-state index is 0.142. The summed E-state index contributed by atoms with van der Waals surface area (Å²) < 4.78 is 23.7. The fourth-order valence-corrected chi connectivity index (χ4v) is 1.72. The quantitative estimate of drug-likeness (QED) is 0.803. The third kappa shape index (κ3) is 4.73. The maximum absolute atomic E-state index is 13.2. The molecule has 0 bridgehead atoms. The predicted octanol–water partition coefficient (Wildman–Crippen LogP) is 2.14. The molecule has 1 atom stereocenters. The maximum Gasteiger partial charge on any atom is 0.528 e. The van der Waals surface area contributed by atoms with Gasteiger partial charge in [-0.3, -0.25) is 0 Å². The fraction of sp³-hybridized carbons (Fsp3) is 0.769. The number of rotatable bonds is 3. The Morgan fingerprint density at radius 3 is 2.65 bits per heavy atom. The van der Waals surface area contributed by atoms with E-state index in [1.807, 2.05) is 0 Å². The molecule has 1 rings (SSSR count). The molecule has 0 radical (unpaired) electrons. The summed E-state index contributed by atoms with van der Waals surface area (Å²) in [6, 6.07) is -0.621. The first-order chi connectivity index (χ1) is 9.05. The molecule has 20 heavy (non-hydrogen) atoms. The van der Waals surface area contributed by atoms with Crippen LogP contribution in [0.25, 0.3) is 0 Å². The molecule has 0 aromatic carbocycles. The average molecular weight is 291 g/mol. The van der Waals surface area contributed by atoms with Crippen LogP contribution in [0.1, 0.15) is 34.6 Å². The minimum atomic E-state index is -0.909. The standard InChI is InChI=1S/C13H22FNO5/c1-12(2,3)19-11(17)20-15-10(6-9(14)7-16)8-18-13(15,4)5/h6,10,16H,7-8H2,1-5H3/t10-/m1/s1. The summed E-state index contributed by atoms with van der Waals surface area (Å²) in [5.41, 5.74) is -1.60. The van der Waals surface area contributed by atoms with Crippen LogP contribution in [0.2, 0.25) is 0 Å². The highest BCUT2D eigenvalue weighted by molar-refractivity contribution is 5.60. The first-order valence-corrected chi connectivity index (χ1v) is 6.36. The molecule has 0 amide bonds. The molecular formula is C13H22FNO5. The molecule has 6 nitrogen and oxygen atoms in total. The lowest BCUT2D eigenvalue weighted by molar-refractivity contribution is -0.230. The summed E-state index contributed by atoms with van der Waals surface area (Å²) in [6.45, 7) is 7.93. The number of hydroxylamine groups is 2. The van der Waals surface area contributed by atoms with Gasteiger partial charge in [-0.2, -0.15) is 0 Å². The van der Waals surface area contributed by atoms with Gasteiger partial charge in [0.15, 0.2) is 0 Å². The molecule has 0 spiro atoms. The zero-order valence-electron chi connectivity index (χ0n) is 12.5. The van der Waals surface area contributed by atoms with Crippen molar-refractivity contribution in [3.63, 3.8) is 0 Å². The average Bonchev–Trinajstić information content (AvgIpc) is 2.53. The topological polar surface area (TPSA) is 68.2 Å². The second-order valence-electron chi connectivity index (χ2n) is 5.98. The third-order valence-corrected chi connectivity index (χ3v) is 2.53. The normalized spacial score (nSPS) is 23.8. The summed E-state index contributed by atoms with van der Waals surface area (Å²) in [5.74, 6) is -0.714. The number of aliphatic hydroxyl groups is 1. The van der Waals surface area contributed by atoms with Gasteiger partial charge >= 0.3 is 6.16 Å². The van der Waals surface area contributed by atoms with E-state index in [2.05, 4.69) is 0 Å². The molecule has 0 aromatic rings. The number of halogens is 1. The summed E-state index contributed by atoms with van der Waals surface area (Å²) in [6.07, 6.45) is 0.262. The Bertz CT molecular complexity index is 389. The molecule has 116 valence electrons.